The summed E-state index contributed by atoms with van der Waals surface area (Å²) in [6.07, 6.45) is 0. The van der Waals surface area contributed by atoms with Crippen LogP contribution in [0.25, 0.3) is 0 Å². The zero-order valence-corrected chi connectivity index (χ0v) is 20.0. The first-order chi connectivity index (χ1) is 15.3. The SMILES string of the molecule is Cc1ccc(NC(=O)CSc2nnc([C@@H](NC(=O)c3ccccc3Cl)C(C)C)n2C)cc1. The molecule has 2 N–H and O–H groups in total. The number of aromatic nitrogens is 3. The van der Waals surface area contributed by atoms with Gasteiger partial charge in [-0.05, 0) is 37.1 Å². The van der Waals surface area contributed by atoms with Crippen molar-refractivity contribution in [3.63, 3.8) is 0 Å². The van der Waals surface area contributed by atoms with Crippen LogP contribution in [0.15, 0.2) is 53.7 Å². The third kappa shape index (κ3) is 5.89. The monoisotopic (exact) mass is 471 g/mol. The fraction of sp³-hybridized carbons (Fsp3) is 0.304. The second-order valence-electron chi connectivity index (χ2n) is 7.78. The van der Waals surface area contributed by atoms with Crippen molar-refractivity contribution in [1.29, 1.82) is 0 Å². The summed E-state index contributed by atoms with van der Waals surface area (Å²) in [7, 11) is 1.83. The number of hydrogen-bond acceptors (Lipinski definition) is 5. The van der Waals surface area contributed by atoms with Crippen molar-refractivity contribution in [2.75, 3.05) is 11.1 Å². The molecule has 0 spiro atoms. The van der Waals surface area contributed by atoms with Crippen LogP contribution in [0, 0.1) is 12.8 Å². The minimum absolute atomic E-state index is 0.0621. The quantitative estimate of drug-likeness (QED) is 0.467. The molecule has 1 aromatic heterocycles. The van der Waals surface area contributed by atoms with Crippen LogP contribution in [0.3, 0.4) is 0 Å². The van der Waals surface area contributed by atoms with Gasteiger partial charge in [-0.15, -0.1) is 10.2 Å². The smallest absolute Gasteiger partial charge is 0.253 e. The number of anilines is 1. The van der Waals surface area contributed by atoms with Crippen LogP contribution in [0.5, 0.6) is 0 Å². The van der Waals surface area contributed by atoms with Gasteiger partial charge in [0.05, 0.1) is 22.4 Å². The first-order valence-corrected chi connectivity index (χ1v) is 11.6. The van der Waals surface area contributed by atoms with Crippen LogP contribution in [-0.4, -0.2) is 32.3 Å². The van der Waals surface area contributed by atoms with Gasteiger partial charge in [0.25, 0.3) is 5.91 Å². The molecule has 2 amide bonds. The van der Waals surface area contributed by atoms with Crippen molar-refractivity contribution < 1.29 is 9.59 Å². The summed E-state index contributed by atoms with van der Waals surface area (Å²) < 4.78 is 1.81. The number of nitrogens with zero attached hydrogens (tertiary/aromatic N) is 3. The van der Waals surface area contributed by atoms with E-state index in [2.05, 4.69) is 20.8 Å². The summed E-state index contributed by atoms with van der Waals surface area (Å²) in [5.74, 6) is 0.465. The normalized spacial score (nSPS) is 11.9. The van der Waals surface area contributed by atoms with Gasteiger partial charge in [-0.2, -0.15) is 0 Å². The summed E-state index contributed by atoms with van der Waals surface area (Å²) in [5.41, 5.74) is 2.29. The number of nitrogens with one attached hydrogen (secondary N) is 2. The number of rotatable bonds is 8. The van der Waals surface area contributed by atoms with Crippen LogP contribution >= 0.6 is 23.4 Å². The minimum atomic E-state index is -0.369. The van der Waals surface area contributed by atoms with Gasteiger partial charge in [0.1, 0.15) is 0 Å². The van der Waals surface area contributed by atoms with Crippen LogP contribution in [0.4, 0.5) is 5.69 Å². The molecule has 0 saturated carbocycles. The molecule has 0 fully saturated rings. The largest absolute Gasteiger partial charge is 0.342 e. The van der Waals surface area contributed by atoms with Gasteiger partial charge in [-0.1, -0.05) is 67.0 Å². The average Bonchev–Trinajstić information content (AvgIpc) is 3.12. The molecule has 3 aromatic rings. The molecule has 0 aliphatic heterocycles. The minimum Gasteiger partial charge on any atom is -0.342 e. The number of amides is 2. The lowest BCUT2D eigenvalue weighted by atomic mass is 10.0. The third-order valence-electron chi connectivity index (χ3n) is 4.89. The van der Waals surface area contributed by atoms with E-state index in [0.717, 1.165) is 11.3 Å². The van der Waals surface area contributed by atoms with Gasteiger partial charge in [0.2, 0.25) is 5.91 Å². The molecule has 1 heterocycles. The molecule has 0 bridgehead atoms. The highest BCUT2D eigenvalue weighted by molar-refractivity contribution is 7.99. The van der Waals surface area contributed by atoms with Gasteiger partial charge in [-0.3, -0.25) is 9.59 Å². The fourth-order valence-electron chi connectivity index (χ4n) is 3.08. The third-order valence-corrected chi connectivity index (χ3v) is 6.24. The summed E-state index contributed by atoms with van der Waals surface area (Å²) in [4.78, 5) is 25.1. The number of carbonyl (C=O) groups excluding carboxylic acids is 2. The average molecular weight is 472 g/mol. The van der Waals surface area contributed by atoms with E-state index >= 15 is 0 Å². The second-order valence-corrected chi connectivity index (χ2v) is 9.13. The highest BCUT2D eigenvalue weighted by Crippen LogP contribution is 2.25. The van der Waals surface area contributed by atoms with Gasteiger partial charge in [0, 0.05) is 12.7 Å². The number of thioether (sulfide) groups is 1. The molecule has 32 heavy (non-hydrogen) atoms. The van der Waals surface area contributed by atoms with E-state index in [1.807, 2.05) is 52.1 Å². The van der Waals surface area contributed by atoms with E-state index in [0.29, 0.717) is 21.6 Å². The Kier molecular flexibility index (Phi) is 7.93. The predicted octanol–water partition coefficient (Wildman–Crippen LogP) is 4.63. The van der Waals surface area contributed by atoms with E-state index in [1.165, 1.54) is 11.8 Å². The zero-order valence-electron chi connectivity index (χ0n) is 18.4. The Labute approximate surface area is 197 Å². The van der Waals surface area contributed by atoms with E-state index in [-0.39, 0.29) is 29.5 Å². The highest BCUT2D eigenvalue weighted by atomic mass is 35.5. The second kappa shape index (κ2) is 10.7. The molecule has 3 rings (SSSR count). The Morgan fingerprint density at radius 1 is 1.09 bits per heavy atom. The summed E-state index contributed by atoms with van der Waals surface area (Å²) >= 11 is 7.45. The highest BCUT2D eigenvalue weighted by Gasteiger charge is 2.26. The molecular weight excluding hydrogens is 446 g/mol. The van der Waals surface area contributed by atoms with Crippen LogP contribution < -0.4 is 10.6 Å². The number of benzene rings is 2. The molecule has 2 aromatic carbocycles. The molecule has 0 aliphatic carbocycles. The fourth-order valence-corrected chi connectivity index (χ4v) is 4.02. The molecular formula is C23H26ClN5O2S. The van der Waals surface area contributed by atoms with E-state index in [9.17, 15) is 9.59 Å². The van der Waals surface area contributed by atoms with Crippen molar-refractivity contribution in [3.8, 4) is 0 Å². The van der Waals surface area contributed by atoms with Crippen molar-refractivity contribution in [1.82, 2.24) is 20.1 Å². The summed E-state index contributed by atoms with van der Waals surface area (Å²) in [5, 5.41) is 15.4. The summed E-state index contributed by atoms with van der Waals surface area (Å²) in [6, 6.07) is 14.2. The zero-order chi connectivity index (χ0) is 23.3. The lowest BCUT2D eigenvalue weighted by Gasteiger charge is -2.22. The van der Waals surface area contributed by atoms with Crippen LogP contribution in [0.2, 0.25) is 5.02 Å². The molecule has 168 valence electrons. The van der Waals surface area contributed by atoms with Crippen molar-refractivity contribution >= 4 is 40.9 Å². The van der Waals surface area contributed by atoms with Crippen molar-refractivity contribution in [2.24, 2.45) is 13.0 Å². The number of carbonyl (C=O) groups is 2. The molecule has 0 aliphatic rings. The van der Waals surface area contributed by atoms with Gasteiger partial charge in [0.15, 0.2) is 11.0 Å². The molecule has 0 radical (unpaired) electrons. The van der Waals surface area contributed by atoms with E-state index in [1.54, 1.807) is 28.8 Å². The first kappa shape index (κ1) is 23.8. The van der Waals surface area contributed by atoms with E-state index < -0.39 is 0 Å². The molecule has 9 heteroatoms. The lowest BCUT2D eigenvalue weighted by molar-refractivity contribution is -0.113. The number of aryl methyl sites for hydroxylation is 1. The van der Waals surface area contributed by atoms with Crippen LogP contribution in [-0.2, 0) is 11.8 Å². The van der Waals surface area contributed by atoms with Crippen molar-refractivity contribution in [3.05, 3.63) is 70.5 Å². The maximum absolute atomic E-state index is 12.8. The predicted molar refractivity (Wildman–Crippen MR) is 128 cm³/mol. The first-order valence-electron chi connectivity index (χ1n) is 10.2. The van der Waals surface area contributed by atoms with Gasteiger partial charge in [-0.25, -0.2) is 0 Å². The Balaban J connectivity index is 1.67. The number of hydrogen-bond donors (Lipinski definition) is 2. The Morgan fingerprint density at radius 2 is 1.78 bits per heavy atom. The molecule has 7 nitrogen and oxygen atoms in total. The Bertz CT molecular complexity index is 1100. The Morgan fingerprint density at radius 3 is 2.44 bits per heavy atom. The summed E-state index contributed by atoms with van der Waals surface area (Å²) in [6.45, 7) is 5.98. The topological polar surface area (TPSA) is 88.9 Å². The van der Waals surface area contributed by atoms with Crippen LogP contribution in [0.1, 0.15) is 41.6 Å². The van der Waals surface area contributed by atoms with Gasteiger partial charge < -0.3 is 15.2 Å². The maximum atomic E-state index is 12.8. The standard InChI is InChI=1S/C23H26ClN5O2S/c1-14(2)20(26-22(31)17-7-5-6-8-18(17)24)21-27-28-23(29(21)4)32-13-19(30)25-16-11-9-15(3)10-12-16/h5-12,14,20H,13H2,1-4H3,(H,25,30)(H,26,31)/t20-/m0/s1. The lowest BCUT2D eigenvalue weighted by Crippen LogP contribution is -2.33. The van der Waals surface area contributed by atoms with Crippen molar-refractivity contribution in [2.45, 2.75) is 32.0 Å². The Hall–Kier alpha value is -2.84. The molecule has 1 atom stereocenters. The molecule has 0 unspecified atom stereocenters. The number of halogens is 1. The maximum Gasteiger partial charge on any atom is 0.253 e. The van der Waals surface area contributed by atoms with Gasteiger partial charge >= 0.3 is 0 Å². The molecule has 0 saturated heterocycles. The van der Waals surface area contributed by atoms with E-state index in [4.69, 9.17) is 11.6 Å².